The fourth-order valence-corrected chi connectivity index (χ4v) is 5.18. The van der Waals surface area contributed by atoms with Crippen LogP contribution in [0.25, 0.3) is 0 Å². The van der Waals surface area contributed by atoms with Gasteiger partial charge in [0.1, 0.15) is 5.82 Å². The van der Waals surface area contributed by atoms with E-state index >= 15 is 0 Å². The van der Waals surface area contributed by atoms with E-state index < -0.39 is 13.0 Å². The van der Waals surface area contributed by atoms with Crippen molar-refractivity contribution in [3.05, 3.63) is 89.7 Å². The van der Waals surface area contributed by atoms with Crippen LogP contribution in [0.2, 0.25) is 5.02 Å². The van der Waals surface area contributed by atoms with Crippen LogP contribution in [0, 0.1) is 5.82 Å². The summed E-state index contributed by atoms with van der Waals surface area (Å²) in [5.41, 5.74) is 0. The highest BCUT2D eigenvalue weighted by Crippen LogP contribution is 2.42. The van der Waals surface area contributed by atoms with Crippen molar-refractivity contribution in [3.8, 4) is 0 Å². The first kappa shape index (κ1) is 15.0. The fourth-order valence-electron chi connectivity index (χ4n) is 2.40. The molecule has 110 valence electrons. The summed E-state index contributed by atoms with van der Waals surface area (Å²) in [5, 5.41) is 1.80. The lowest BCUT2D eigenvalue weighted by molar-refractivity contribution is 0.591. The van der Waals surface area contributed by atoms with E-state index in [-0.39, 0.29) is 5.02 Å². The maximum absolute atomic E-state index is 13.9. The molecule has 0 aliphatic rings. The highest BCUT2D eigenvalue weighted by molar-refractivity contribution is 7.85. The second-order valence-corrected chi connectivity index (χ2v) is 8.05. The van der Waals surface area contributed by atoms with Crippen molar-refractivity contribution in [1.29, 1.82) is 0 Å². The van der Waals surface area contributed by atoms with Crippen molar-refractivity contribution in [2.45, 2.75) is 0 Å². The van der Waals surface area contributed by atoms with Crippen LogP contribution in [-0.2, 0) is 4.57 Å². The molecule has 0 saturated heterocycles. The van der Waals surface area contributed by atoms with E-state index in [0.717, 1.165) is 0 Å². The molecule has 0 saturated carbocycles. The van der Waals surface area contributed by atoms with E-state index in [4.69, 9.17) is 11.6 Å². The van der Waals surface area contributed by atoms with Crippen molar-refractivity contribution >= 4 is 34.7 Å². The molecule has 4 heteroatoms. The lowest BCUT2D eigenvalue weighted by atomic mass is 10.3. The van der Waals surface area contributed by atoms with E-state index in [2.05, 4.69) is 0 Å². The van der Waals surface area contributed by atoms with Gasteiger partial charge in [-0.1, -0.05) is 72.3 Å². The first-order chi connectivity index (χ1) is 10.6. The Bertz CT molecular complexity index is 791. The van der Waals surface area contributed by atoms with Crippen molar-refractivity contribution in [2.75, 3.05) is 0 Å². The third kappa shape index (κ3) is 2.61. The van der Waals surface area contributed by atoms with Gasteiger partial charge in [-0.3, -0.25) is 0 Å². The van der Waals surface area contributed by atoms with Gasteiger partial charge in [-0.05, 0) is 18.2 Å². The van der Waals surface area contributed by atoms with Gasteiger partial charge < -0.3 is 4.57 Å². The van der Waals surface area contributed by atoms with Crippen molar-refractivity contribution < 1.29 is 8.96 Å². The van der Waals surface area contributed by atoms with Gasteiger partial charge in [-0.15, -0.1) is 0 Å². The van der Waals surface area contributed by atoms with Crippen molar-refractivity contribution in [2.24, 2.45) is 0 Å². The predicted molar refractivity (Wildman–Crippen MR) is 90.8 cm³/mol. The van der Waals surface area contributed by atoms with Crippen molar-refractivity contribution in [1.82, 2.24) is 0 Å². The zero-order valence-electron chi connectivity index (χ0n) is 11.6. The molecule has 0 atom stereocenters. The Morgan fingerprint density at radius 2 is 1.23 bits per heavy atom. The van der Waals surface area contributed by atoms with Gasteiger partial charge in [0.25, 0.3) is 0 Å². The minimum atomic E-state index is -3.12. The lowest BCUT2D eigenvalue weighted by Gasteiger charge is -2.20. The summed E-state index contributed by atoms with van der Waals surface area (Å²) >= 11 is 5.76. The zero-order chi connectivity index (χ0) is 15.6. The zero-order valence-corrected chi connectivity index (χ0v) is 13.3. The standard InChI is InChI=1S/C18H13ClFOP/c19-17-12-11-16(13-18(17)20)22(21,14-7-3-1-4-8-14)15-9-5-2-6-10-15/h1-13H. The quantitative estimate of drug-likeness (QED) is 0.660. The Balaban J connectivity index is 2.28. The maximum atomic E-state index is 13.9. The minimum Gasteiger partial charge on any atom is -0.309 e. The normalized spacial score (nSPS) is 11.4. The van der Waals surface area contributed by atoms with Crippen molar-refractivity contribution in [3.63, 3.8) is 0 Å². The summed E-state index contributed by atoms with van der Waals surface area (Å²) in [6.07, 6.45) is 0. The summed E-state index contributed by atoms with van der Waals surface area (Å²) in [6.45, 7) is 0. The summed E-state index contributed by atoms with van der Waals surface area (Å²) in [6, 6.07) is 22.6. The maximum Gasteiger partial charge on any atom is 0.171 e. The molecule has 0 aromatic heterocycles. The van der Waals surface area contributed by atoms with E-state index in [1.807, 2.05) is 36.4 Å². The van der Waals surface area contributed by atoms with Crippen LogP contribution < -0.4 is 15.9 Å². The second-order valence-electron chi connectivity index (χ2n) is 4.88. The Kier molecular flexibility index (Phi) is 4.15. The second kappa shape index (κ2) is 6.08. The molecule has 0 aliphatic carbocycles. The molecular formula is C18H13ClFOP. The third-order valence-corrected chi connectivity index (χ3v) is 6.87. The van der Waals surface area contributed by atoms with Crippen LogP contribution in [0.4, 0.5) is 4.39 Å². The minimum absolute atomic E-state index is 0.0245. The van der Waals surface area contributed by atoms with Crippen LogP contribution in [-0.4, -0.2) is 0 Å². The summed E-state index contributed by atoms with van der Waals surface area (Å²) < 4.78 is 27.8. The largest absolute Gasteiger partial charge is 0.309 e. The van der Waals surface area contributed by atoms with E-state index in [1.165, 1.54) is 12.1 Å². The molecule has 0 aliphatic heterocycles. The molecule has 3 aromatic rings. The molecule has 0 spiro atoms. The number of hydrogen-bond acceptors (Lipinski definition) is 1. The molecule has 3 aromatic carbocycles. The number of rotatable bonds is 3. The van der Waals surface area contributed by atoms with Crippen LogP contribution in [0.5, 0.6) is 0 Å². The van der Waals surface area contributed by atoms with E-state index in [9.17, 15) is 8.96 Å². The lowest BCUT2D eigenvalue weighted by Crippen LogP contribution is -2.25. The van der Waals surface area contributed by atoms with Crippen LogP contribution >= 0.6 is 18.7 Å². The Hall–Kier alpha value is -1.89. The van der Waals surface area contributed by atoms with Gasteiger partial charge in [0.2, 0.25) is 0 Å². The van der Waals surface area contributed by atoms with Gasteiger partial charge in [0.15, 0.2) is 7.14 Å². The number of benzene rings is 3. The van der Waals surface area contributed by atoms with Gasteiger partial charge in [-0.2, -0.15) is 0 Å². The van der Waals surface area contributed by atoms with Gasteiger partial charge >= 0.3 is 0 Å². The molecule has 0 heterocycles. The first-order valence-electron chi connectivity index (χ1n) is 6.79. The molecule has 1 nitrogen and oxygen atoms in total. The van der Waals surface area contributed by atoms with E-state index in [1.54, 1.807) is 30.3 Å². The summed E-state index contributed by atoms with van der Waals surface area (Å²) in [4.78, 5) is 0. The molecule has 0 bridgehead atoms. The molecule has 0 N–H and O–H groups in total. The van der Waals surface area contributed by atoms with Crippen LogP contribution in [0.3, 0.4) is 0 Å². The van der Waals surface area contributed by atoms with Crippen LogP contribution in [0.15, 0.2) is 78.9 Å². The average molecular weight is 331 g/mol. The predicted octanol–water partition coefficient (Wildman–Crippen LogP) is 4.12. The Labute approximate surface area is 133 Å². The molecule has 0 unspecified atom stereocenters. The van der Waals surface area contributed by atoms with E-state index in [0.29, 0.717) is 15.9 Å². The van der Waals surface area contributed by atoms with Gasteiger partial charge in [0, 0.05) is 15.9 Å². The van der Waals surface area contributed by atoms with Crippen LogP contribution in [0.1, 0.15) is 0 Å². The summed E-state index contributed by atoms with van der Waals surface area (Å²) in [7, 11) is -3.12. The Morgan fingerprint density at radius 3 is 1.68 bits per heavy atom. The third-order valence-electron chi connectivity index (χ3n) is 3.51. The molecule has 3 rings (SSSR count). The highest BCUT2D eigenvalue weighted by atomic mass is 35.5. The molecule has 22 heavy (non-hydrogen) atoms. The molecule has 0 radical (unpaired) electrons. The van der Waals surface area contributed by atoms with Gasteiger partial charge in [0.05, 0.1) is 5.02 Å². The molecular weight excluding hydrogens is 318 g/mol. The monoisotopic (exact) mass is 330 g/mol. The fraction of sp³-hybridized carbons (Fsp3) is 0. The summed E-state index contributed by atoms with van der Waals surface area (Å²) in [5.74, 6) is -0.564. The molecule has 0 amide bonds. The molecule has 0 fully saturated rings. The smallest absolute Gasteiger partial charge is 0.171 e. The SMILES string of the molecule is O=P(c1ccccc1)(c1ccccc1)c1ccc(Cl)c(F)c1. The topological polar surface area (TPSA) is 17.1 Å². The first-order valence-corrected chi connectivity index (χ1v) is 8.88. The van der Waals surface area contributed by atoms with Gasteiger partial charge in [-0.25, -0.2) is 4.39 Å². The Morgan fingerprint density at radius 1 is 0.727 bits per heavy atom. The number of halogens is 2. The average Bonchev–Trinajstić information content (AvgIpc) is 2.58. The number of hydrogen-bond donors (Lipinski definition) is 0. The highest BCUT2D eigenvalue weighted by Gasteiger charge is 2.30.